The number of carbonyl (C=O) groups is 4. The van der Waals surface area contributed by atoms with Crippen molar-refractivity contribution in [1.29, 1.82) is 0 Å². The summed E-state index contributed by atoms with van der Waals surface area (Å²) < 4.78 is 8.81. The van der Waals surface area contributed by atoms with Gasteiger partial charge in [0.15, 0.2) is 0 Å². The first-order valence-electron chi connectivity index (χ1n) is 5.32. The molecule has 0 fully saturated rings. The van der Waals surface area contributed by atoms with E-state index >= 15 is 0 Å². The Hall–Kier alpha value is -3.56. The molecule has 2 aromatic rings. The topological polar surface area (TPSA) is 175 Å². The lowest BCUT2D eigenvalue weighted by Crippen LogP contribution is -2.03. The minimum atomic E-state index is -1.38. The van der Waals surface area contributed by atoms with Crippen LogP contribution in [-0.4, -0.2) is 44.3 Å². The maximum absolute atomic E-state index is 10.3. The van der Waals surface area contributed by atoms with Crippen LogP contribution in [0.4, 0.5) is 0 Å². The Morgan fingerprint density at radius 3 is 1.50 bits per heavy atom. The van der Waals surface area contributed by atoms with E-state index in [1.165, 1.54) is 0 Å². The average Bonchev–Trinajstić information content (AvgIpc) is 3.08. The van der Waals surface area contributed by atoms with Crippen LogP contribution in [0.15, 0.2) is 33.7 Å². The first-order valence-corrected chi connectivity index (χ1v) is 5.32. The molecule has 0 aromatic carbocycles. The van der Waals surface area contributed by atoms with Crippen molar-refractivity contribution in [2.45, 2.75) is 0 Å². The second-order valence-electron chi connectivity index (χ2n) is 3.58. The van der Waals surface area contributed by atoms with Gasteiger partial charge in [0.1, 0.15) is 29.2 Å². The summed E-state index contributed by atoms with van der Waals surface area (Å²) in [7, 11) is 0. The lowest BCUT2D eigenvalue weighted by molar-refractivity contribution is 0.0625. The lowest BCUT2D eigenvalue weighted by Gasteiger charge is -1.88. The number of carboxylic acid groups (broad SMARTS) is 4. The zero-order chi connectivity index (χ0) is 16.9. The first kappa shape index (κ1) is 16.5. The minimum absolute atomic E-state index is 0.336. The summed E-state index contributed by atoms with van der Waals surface area (Å²) >= 11 is 0. The van der Waals surface area contributed by atoms with Crippen LogP contribution in [-0.2, 0) is 0 Å². The van der Waals surface area contributed by atoms with Gasteiger partial charge < -0.3 is 29.3 Å². The number of hydrogen-bond acceptors (Lipinski definition) is 6. The highest BCUT2D eigenvalue weighted by Gasteiger charge is 2.19. The van der Waals surface area contributed by atoms with E-state index < -0.39 is 29.6 Å². The Morgan fingerprint density at radius 1 is 0.727 bits per heavy atom. The first-order chi connectivity index (χ1) is 10.3. The Morgan fingerprint density at radius 2 is 1.18 bits per heavy atom. The van der Waals surface area contributed by atoms with Crippen LogP contribution in [0.25, 0.3) is 0 Å². The van der Waals surface area contributed by atoms with E-state index in [0.717, 1.165) is 24.9 Å². The van der Waals surface area contributed by atoms with E-state index in [2.05, 4.69) is 8.83 Å². The van der Waals surface area contributed by atoms with Crippen LogP contribution in [0.2, 0.25) is 0 Å². The molecule has 0 amide bonds. The summed E-state index contributed by atoms with van der Waals surface area (Å²) in [5, 5.41) is 33.5. The van der Waals surface area contributed by atoms with Gasteiger partial charge in [0.05, 0.1) is 6.26 Å². The fraction of sp³-hybridized carbons (Fsp3) is 0. The molecule has 0 bridgehead atoms. The monoisotopic (exact) mass is 312 g/mol. The molecule has 2 rings (SSSR count). The Balaban J connectivity index is 0.000000220. The van der Waals surface area contributed by atoms with Crippen molar-refractivity contribution in [3.63, 3.8) is 0 Å². The molecular weight excluding hydrogens is 304 g/mol. The third-order valence-electron chi connectivity index (χ3n) is 2.21. The molecule has 2 heterocycles. The SMILES string of the molecule is O=C(O)c1ccoc1C(=O)O.O=C(O)c1cocc1C(=O)O. The van der Waals surface area contributed by atoms with Crippen molar-refractivity contribution in [2.24, 2.45) is 0 Å². The molecule has 10 nitrogen and oxygen atoms in total. The quantitative estimate of drug-likeness (QED) is 0.644. The largest absolute Gasteiger partial charge is 0.478 e. The summed E-state index contributed by atoms with van der Waals surface area (Å²) in [6.07, 6.45) is 2.78. The predicted octanol–water partition coefficient (Wildman–Crippen LogP) is 1.35. The van der Waals surface area contributed by atoms with E-state index in [1.54, 1.807) is 0 Å². The summed E-state index contributed by atoms with van der Waals surface area (Å²) in [5.74, 6) is -5.85. The smallest absolute Gasteiger partial charge is 0.372 e. The van der Waals surface area contributed by atoms with Gasteiger partial charge in [-0.2, -0.15) is 0 Å². The number of rotatable bonds is 4. The highest BCUT2D eigenvalue weighted by atomic mass is 16.4. The van der Waals surface area contributed by atoms with Gasteiger partial charge in [-0.3, -0.25) is 0 Å². The molecule has 0 aliphatic rings. The van der Waals surface area contributed by atoms with Crippen LogP contribution in [0, 0.1) is 0 Å². The summed E-state index contributed by atoms with van der Waals surface area (Å²) in [4.78, 5) is 41.0. The summed E-state index contributed by atoms with van der Waals surface area (Å²) in [6.45, 7) is 0. The molecule has 10 heteroatoms. The maximum Gasteiger partial charge on any atom is 0.372 e. The van der Waals surface area contributed by atoms with Gasteiger partial charge in [0.25, 0.3) is 0 Å². The number of hydrogen-bond donors (Lipinski definition) is 4. The van der Waals surface area contributed by atoms with Crippen molar-refractivity contribution in [3.8, 4) is 0 Å². The minimum Gasteiger partial charge on any atom is -0.478 e. The van der Waals surface area contributed by atoms with E-state index in [4.69, 9.17) is 20.4 Å². The second kappa shape index (κ2) is 6.74. The number of furan rings is 2. The summed E-state index contributed by atoms with van der Waals surface area (Å²) in [5.41, 5.74) is -1.01. The third kappa shape index (κ3) is 3.72. The molecule has 0 radical (unpaired) electrons. The molecule has 4 N–H and O–H groups in total. The standard InChI is InChI=1S/2C6H4O5/c7-5(8)3-1-11-2-4(3)6(9)10;7-5(8)3-1-2-11-4(3)6(9)10/h2*1-2H,(H,7,8)(H,9,10). The van der Waals surface area contributed by atoms with E-state index in [9.17, 15) is 19.2 Å². The van der Waals surface area contributed by atoms with Crippen LogP contribution >= 0.6 is 0 Å². The van der Waals surface area contributed by atoms with Gasteiger partial charge in [-0.15, -0.1) is 0 Å². The van der Waals surface area contributed by atoms with Gasteiger partial charge in [-0.1, -0.05) is 0 Å². The van der Waals surface area contributed by atoms with Crippen molar-refractivity contribution in [3.05, 3.63) is 47.3 Å². The fourth-order valence-electron chi connectivity index (χ4n) is 1.27. The van der Waals surface area contributed by atoms with Crippen LogP contribution in [0.5, 0.6) is 0 Å². The van der Waals surface area contributed by atoms with E-state index in [1.807, 2.05) is 0 Å². The van der Waals surface area contributed by atoms with E-state index in [0.29, 0.717) is 0 Å². The molecule has 0 atom stereocenters. The van der Waals surface area contributed by atoms with E-state index in [-0.39, 0.29) is 16.7 Å². The average molecular weight is 312 g/mol. The molecular formula is C12H8O10. The van der Waals surface area contributed by atoms with Crippen molar-refractivity contribution in [1.82, 2.24) is 0 Å². The van der Waals surface area contributed by atoms with Crippen LogP contribution in [0.3, 0.4) is 0 Å². The Kier molecular flexibility index (Phi) is 5.06. The predicted molar refractivity (Wildman–Crippen MR) is 65.3 cm³/mol. The van der Waals surface area contributed by atoms with Crippen molar-refractivity contribution < 1.29 is 48.4 Å². The van der Waals surface area contributed by atoms with Crippen LogP contribution < -0.4 is 0 Å². The lowest BCUT2D eigenvalue weighted by atomic mass is 10.2. The number of aromatic carboxylic acids is 4. The normalized spacial score (nSPS) is 9.45. The van der Waals surface area contributed by atoms with Gasteiger partial charge >= 0.3 is 23.9 Å². The second-order valence-corrected chi connectivity index (χ2v) is 3.58. The zero-order valence-electron chi connectivity index (χ0n) is 10.5. The van der Waals surface area contributed by atoms with Gasteiger partial charge in [-0.05, 0) is 6.07 Å². The maximum atomic E-state index is 10.3. The summed E-state index contributed by atoms with van der Waals surface area (Å²) in [6, 6.07) is 1.09. The molecule has 2 aromatic heterocycles. The van der Waals surface area contributed by atoms with Gasteiger partial charge in [-0.25, -0.2) is 19.2 Å². The van der Waals surface area contributed by atoms with Crippen molar-refractivity contribution in [2.75, 3.05) is 0 Å². The van der Waals surface area contributed by atoms with Crippen molar-refractivity contribution >= 4 is 23.9 Å². The molecule has 0 unspecified atom stereocenters. The Labute approximate surface area is 120 Å². The molecule has 116 valence electrons. The Bertz CT molecular complexity index is 601. The molecule has 22 heavy (non-hydrogen) atoms. The molecule has 0 saturated heterocycles. The molecule has 0 saturated carbocycles. The zero-order valence-corrected chi connectivity index (χ0v) is 10.5. The highest BCUT2D eigenvalue weighted by molar-refractivity contribution is 6.01. The highest BCUT2D eigenvalue weighted by Crippen LogP contribution is 2.10. The van der Waals surface area contributed by atoms with Crippen LogP contribution in [0.1, 0.15) is 41.6 Å². The van der Waals surface area contributed by atoms with Gasteiger partial charge in [0.2, 0.25) is 5.76 Å². The molecule has 0 aliphatic heterocycles. The third-order valence-corrected chi connectivity index (χ3v) is 2.21. The fourth-order valence-corrected chi connectivity index (χ4v) is 1.27. The molecule has 0 aliphatic carbocycles. The number of carboxylic acids is 4. The van der Waals surface area contributed by atoms with Gasteiger partial charge in [0, 0.05) is 0 Å². The molecule has 0 spiro atoms.